The first-order valence-electron chi connectivity index (χ1n) is 3.34. The second kappa shape index (κ2) is 14.1. The van der Waals surface area contributed by atoms with Crippen LogP contribution < -0.4 is 21.7 Å². The van der Waals surface area contributed by atoms with Gasteiger partial charge < -0.3 is 31.3 Å². The zero-order chi connectivity index (χ0) is 9.98. The van der Waals surface area contributed by atoms with Gasteiger partial charge in [0.05, 0.1) is 0 Å². The molecule has 6 nitrogen and oxygen atoms in total. The molecule has 0 bridgehead atoms. The molecule has 0 aliphatic heterocycles. The Morgan fingerprint density at radius 1 is 0.923 bits per heavy atom. The van der Waals surface area contributed by atoms with Gasteiger partial charge in [0.15, 0.2) is 0 Å². The summed E-state index contributed by atoms with van der Waals surface area (Å²) in [6, 6.07) is 0. The molecule has 0 aliphatic rings. The minimum atomic E-state index is -1.09. The Hall–Kier alpha value is -0.452. The van der Waals surface area contributed by atoms with Crippen LogP contribution in [0.15, 0.2) is 0 Å². The molecule has 0 saturated heterocycles. The van der Waals surface area contributed by atoms with Crippen molar-refractivity contribution in [3.05, 3.63) is 0 Å². The first-order chi connectivity index (χ1) is 5.54. The van der Waals surface area contributed by atoms with Crippen LogP contribution in [0.25, 0.3) is 0 Å². The first-order valence-corrected chi connectivity index (χ1v) is 3.34. The maximum Gasteiger partial charge on any atom is 2.00 e. The number of nitrogens with two attached hydrogens (primary N) is 2. The average molecular weight is 371 g/mol. The van der Waals surface area contributed by atoms with Crippen LogP contribution in [0.5, 0.6) is 0 Å². The van der Waals surface area contributed by atoms with Gasteiger partial charge in [-0.05, 0) is 25.9 Å². The van der Waals surface area contributed by atoms with Crippen molar-refractivity contribution in [2.45, 2.75) is 12.8 Å². The van der Waals surface area contributed by atoms with Crippen LogP contribution in [0.1, 0.15) is 12.8 Å². The molecule has 0 saturated carbocycles. The molecule has 7 heteroatoms. The van der Waals surface area contributed by atoms with Gasteiger partial charge in [-0.25, -0.2) is 0 Å². The number of carbonyl (C=O) groups is 2. The Balaban J connectivity index is -0.000000143. The second-order valence-electron chi connectivity index (χ2n) is 1.82. The molecule has 0 heterocycles. The van der Waals surface area contributed by atoms with E-state index in [2.05, 4.69) is 0 Å². The van der Waals surface area contributed by atoms with Gasteiger partial charge >= 0.3 is 21.1 Å². The average Bonchev–Trinajstić information content (AvgIpc) is 1.87. The molecule has 80 valence electrons. The molecule has 0 unspecified atom stereocenters. The van der Waals surface area contributed by atoms with Gasteiger partial charge in [-0.1, -0.05) is 0 Å². The first kappa shape index (κ1) is 18.4. The number of carboxylic acid groups (broad SMARTS) is 2. The molecular weight excluding hydrogens is 359 g/mol. The van der Waals surface area contributed by atoms with Crippen molar-refractivity contribution in [1.82, 2.24) is 0 Å². The van der Waals surface area contributed by atoms with Crippen LogP contribution in [0.2, 0.25) is 0 Å². The molecule has 0 atom stereocenters. The van der Waals surface area contributed by atoms with E-state index in [-0.39, 0.29) is 47.0 Å². The molecule has 0 aromatic carbocycles. The van der Waals surface area contributed by atoms with Crippen LogP contribution in [-0.4, -0.2) is 25.0 Å². The molecule has 0 fully saturated rings. The van der Waals surface area contributed by atoms with Gasteiger partial charge in [-0.15, -0.1) is 0 Å². The number of hydrogen-bond donors (Lipinski definition) is 2. The zero-order valence-electron chi connectivity index (χ0n) is 6.93. The third-order valence-electron chi connectivity index (χ3n) is 0.697. The van der Waals surface area contributed by atoms with Gasteiger partial charge in [0.25, 0.3) is 0 Å². The fourth-order valence-corrected chi connectivity index (χ4v) is 0.236. The van der Waals surface area contributed by atoms with Crippen molar-refractivity contribution >= 4 is 11.9 Å². The summed E-state index contributed by atoms with van der Waals surface area (Å²) in [5.74, 6) is -2.17. The third kappa shape index (κ3) is 34.2. The summed E-state index contributed by atoms with van der Waals surface area (Å²) in [5.41, 5.74) is 9.62. The summed E-state index contributed by atoms with van der Waals surface area (Å²) >= 11 is 0. The van der Waals surface area contributed by atoms with Crippen LogP contribution in [-0.2, 0) is 30.7 Å². The Bertz CT molecular complexity index is 127. The molecular formula is C6H12N2O4Pt. The van der Waals surface area contributed by atoms with Gasteiger partial charge in [0.2, 0.25) is 0 Å². The summed E-state index contributed by atoms with van der Waals surface area (Å²) in [4.78, 5) is 18.8. The van der Waals surface area contributed by atoms with Gasteiger partial charge in [-0.2, -0.15) is 0 Å². The van der Waals surface area contributed by atoms with Crippen molar-refractivity contribution in [1.29, 1.82) is 0 Å². The van der Waals surface area contributed by atoms with E-state index < -0.39 is 11.9 Å². The quantitative estimate of drug-likeness (QED) is 0.520. The van der Waals surface area contributed by atoms with Crippen molar-refractivity contribution < 1.29 is 40.9 Å². The standard InChI is InChI=1S/2C3H7NO2.Pt/c2*4-2-1-3(5)6;/h2*1-2,4H2,(H,5,6);/q;;+2/p-2. The number of hydrogen-bond acceptors (Lipinski definition) is 6. The Kier molecular flexibility index (Phi) is 19.9. The van der Waals surface area contributed by atoms with E-state index in [1.54, 1.807) is 0 Å². The van der Waals surface area contributed by atoms with Crippen molar-refractivity contribution in [3.8, 4) is 0 Å². The van der Waals surface area contributed by atoms with Crippen LogP contribution in [0.4, 0.5) is 0 Å². The Labute approximate surface area is 90.5 Å². The van der Waals surface area contributed by atoms with Gasteiger partial charge in [0.1, 0.15) is 0 Å². The maximum absolute atomic E-state index is 9.41. The molecule has 0 spiro atoms. The number of carboxylic acids is 2. The maximum atomic E-state index is 9.41. The fourth-order valence-electron chi connectivity index (χ4n) is 0.236. The predicted octanol–water partition coefficient (Wildman–Crippen LogP) is -3.83. The summed E-state index contributed by atoms with van der Waals surface area (Å²) in [6.45, 7) is 0.338. The predicted molar refractivity (Wildman–Crippen MR) is 37.4 cm³/mol. The van der Waals surface area contributed by atoms with E-state index in [4.69, 9.17) is 11.5 Å². The van der Waals surface area contributed by atoms with E-state index >= 15 is 0 Å². The van der Waals surface area contributed by atoms with Crippen molar-refractivity contribution in [3.63, 3.8) is 0 Å². The number of aliphatic carboxylic acids is 2. The molecule has 4 N–H and O–H groups in total. The van der Waals surface area contributed by atoms with E-state index in [0.717, 1.165) is 0 Å². The fraction of sp³-hybridized carbons (Fsp3) is 0.667. The summed E-state index contributed by atoms with van der Waals surface area (Å²) < 4.78 is 0. The molecule has 0 amide bonds. The minimum absolute atomic E-state index is 0. The van der Waals surface area contributed by atoms with E-state index in [0.29, 0.717) is 0 Å². The van der Waals surface area contributed by atoms with Crippen LogP contribution >= 0.6 is 0 Å². The Morgan fingerprint density at radius 3 is 1.15 bits per heavy atom. The topological polar surface area (TPSA) is 132 Å². The van der Waals surface area contributed by atoms with Crippen LogP contribution in [0, 0.1) is 0 Å². The zero-order valence-corrected chi connectivity index (χ0v) is 9.20. The Morgan fingerprint density at radius 2 is 1.15 bits per heavy atom. The summed E-state index contributed by atoms with van der Waals surface area (Å²) in [6.07, 6.45) is -0.0833. The molecule has 0 radical (unpaired) electrons. The van der Waals surface area contributed by atoms with Crippen LogP contribution in [0.3, 0.4) is 0 Å². The number of carbonyl (C=O) groups excluding carboxylic acids is 2. The van der Waals surface area contributed by atoms with Gasteiger partial charge in [0, 0.05) is 11.9 Å². The van der Waals surface area contributed by atoms with Gasteiger partial charge in [-0.3, -0.25) is 0 Å². The molecule has 0 aliphatic carbocycles. The minimum Gasteiger partial charge on any atom is -0.550 e. The van der Waals surface area contributed by atoms with Crippen molar-refractivity contribution in [2.24, 2.45) is 11.5 Å². The van der Waals surface area contributed by atoms with E-state index in [1.165, 1.54) is 0 Å². The van der Waals surface area contributed by atoms with E-state index in [9.17, 15) is 19.8 Å². The molecule has 13 heavy (non-hydrogen) atoms. The second-order valence-corrected chi connectivity index (χ2v) is 1.82. The molecule has 0 rings (SSSR count). The number of rotatable bonds is 4. The monoisotopic (exact) mass is 371 g/mol. The molecule has 0 aromatic rings. The largest absolute Gasteiger partial charge is 2.00 e. The SMILES string of the molecule is NCCC(=O)[O-].NCCC(=O)[O-].[Pt+2]. The van der Waals surface area contributed by atoms with Crippen molar-refractivity contribution in [2.75, 3.05) is 13.1 Å². The summed E-state index contributed by atoms with van der Waals surface area (Å²) in [5, 5.41) is 18.8. The third-order valence-corrected chi connectivity index (χ3v) is 0.697. The molecule has 0 aromatic heterocycles. The normalized spacial score (nSPS) is 7.54. The smallest absolute Gasteiger partial charge is 0.550 e. The summed E-state index contributed by atoms with van der Waals surface area (Å²) in [7, 11) is 0. The van der Waals surface area contributed by atoms with E-state index in [1.807, 2.05) is 0 Å².